The third-order valence-corrected chi connectivity index (χ3v) is 2.99. The van der Waals surface area contributed by atoms with Crippen LogP contribution in [0.5, 0.6) is 0 Å². The fraction of sp³-hybridized carbons (Fsp3) is 0.385. The summed E-state index contributed by atoms with van der Waals surface area (Å²) in [5.74, 6) is -0.0464. The number of nitrogens with two attached hydrogens (primary N) is 1. The average molecular weight is 244 g/mol. The molecule has 0 radical (unpaired) electrons. The summed E-state index contributed by atoms with van der Waals surface area (Å²) < 4.78 is 0. The first kappa shape index (κ1) is 12.2. The number of amides is 1. The Morgan fingerprint density at radius 1 is 1.56 bits per heavy atom. The molecule has 0 aliphatic carbocycles. The molecule has 0 atom stereocenters. The van der Waals surface area contributed by atoms with Gasteiger partial charge in [0.05, 0.1) is 19.0 Å². The standard InChI is InChI=1S/C13H16N4O/c14-5-1-6-16-13(18)9-17-7-4-10-8-11(15)2-3-12(10)17/h2-3,8H,1,4,6-7,9,15H2,(H,16,18). The summed E-state index contributed by atoms with van der Waals surface area (Å²) >= 11 is 0. The highest BCUT2D eigenvalue weighted by Gasteiger charge is 2.20. The van der Waals surface area contributed by atoms with Crippen LogP contribution in [0.4, 0.5) is 11.4 Å². The number of benzene rings is 1. The number of hydrogen-bond acceptors (Lipinski definition) is 4. The van der Waals surface area contributed by atoms with Gasteiger partial charge in [-0.3, -0.25) is 4.79 Å². The maximum absolute atomic E-state index is 11.7. The number of nitrogen functional groups attached to an aromatic ring is 1. The third-order valence-electron chi connectivity index (χ3n) is 2.99. The van der Waals surface area contributed by atoms with Crippen LogP contribution in [-0.2, 0) is 11.2 Å². The van der Waals surface area contributed by atoms with Crippen LogP contribution < -0.4 is 16.0 Å². The van der Waals surface area contributed by atoms with Crippen LogP contribution in [0.2, 0.25) is 0 Å². The van der Waals surface area contributed by atoms with Crippen molar-refractivity contribution in [1.82, 2.24) is 5.32 Å². The normalized spacial score (nSPS) is 12.9. The molecule has 3 N–H and O–H groups in total. The molecule has 1 amide bonds. The van der Waals surface area contributed by atoms with E-state index in [1.165, 1.54) is 5.56 Å². The molecule has 1 aromatic carbocycles. The lowest BCUT2D eigenvalue weighted by atomic mass is 10.1. The van der Waals surface area contributed by atoms with Crippen molar-refractivity contribution in [2.24, 2.45) is 0 Å². The van der Waals surface area contributed by atoms with E-state index in [-0.39, 0.29) is 5.91 Å². The predicted octanol–water partition coefficient (Wildman–Crippen LogP) is 0.661. The number of nitrogens with zero attached hydrogens (tertiary/aromatic N) is 2. The molecular formula is C13H16N4O. The molecular weight excluding hydrogens is 228 g/mol. The zero-order valence-electron chi connectivity index (χ0n) is 10.1. The Morgan fingerprint density at radius 2 is 2.39 bits per heavy atom. The summed E-state index contributed by atoms with van der Waals surface area (Å²) in [6.07, 6.45) is 1.27. The minimum Gasteiger partial charge on any atom is -0.399 e. The van der Waals surface area contributed by atoms with Crippen molar-refractivity contribution >= 4 is 17.3 Å². The number of carbonyl (C=O) groups excluding carboxylic acids is 1. The molecule has 0 unspecified atom stereocenters. The zero-order valence-corrected chi connectivity index (χ0v) is 10.1. The number of fused-ring (bicyclic) bond motifs is 1. The Kier molecular flexibility index (Phi) is 3.68. The second-order valence-electron chi connectivity index (χ2n) is 4.32. The van der Waals surface area contributed by atoms with Crippen molar-refractivity contribution in [1.29, 1.82) is 5.26 Å². The second-order valence-corrected chi connectivity index (χ2v) is 4.32. The smallest absolute Gasteiger partial charge is 0.239 e. The number of anilines is 2. The first-order valence-electron chi connectivity index (χ1n) is 5.97. The van der Waals surface area contributed by atoms with Gasteiger partial charge in [0.2, 0.25) is 5.91 Å². The molecule has 2 rings (SSSR count). The molecule has 94 valence electrons. The Morgan fingerprint density at radius 3 is 3.17 bits per heavy atom. The van der Waals surface area contributed by atoms with E-state index in [1.54, 1.807) is 0 Å². The summed E-state index contributed by atoms with van der Waals surface area (Å²) in [6, 6.07) is 7.77. The van der Waals surface area contributed by atoms with E-state index in [1.807, 2.05) is 29.2 Å². The van der Waals surface area contributed by atoms with Gasteiger partial charge >= 0.3 is 0 Å². The lowest BCUT2D eigenvalue weighted by Crippen LogP contribution is -2.36. The summed E-state index contributed by atoms with van der Waals surface area (Å²) in [7, 11) is 0. The number of rotatable bonds is 4. The predicted molar refractivity (Wildman–Crippen MR) is 70.0 cm³/mol. The number of carbonyl (C=O) groups is 1. The number of hydrogen-bond donors (Lipinski definition) is 2. The lowest BCUT2D eigenvalue weighted by Gasteiger charge is -2.18. The molecule has 1 heterocycles. The minimum atomic E-state index is -0.0464. The van der Waals surface area contributed by atoms with Crippen molar-refractivity contribution < 1.29 is 4.79 Å². The Balaban J connectivity index is 1.93. The van der Waals surface area contributed by atoms with E-state index in [0.29, 0.717) is 19.5 Å². The van der Waals surface area contributed by atoms with E-state index in [4.69, 9.17) is 11.0 Å². The van der Waals surface area contributed by atoms with Crippen LogP contribution in [0.3, 0.4) is 0 Å². The summed E-state index contributed by atoms with van der Waals surface area (Å²) in [5.41, 5.74) is 8.77. The van der Waals surface area contributed by atoms with E-state index >= 15 is 0 Å². The largest absolute Gasteiger partial charge is 0.399 e. The Hall–Kier alpha value is -2.22. The summed E-state index contributed by atoms with van der Waals surface area (Å²) in [6.45, 7) is 1.59. The fourth-order valence-corrected chi connectivity index (χ4v) is 2.14. The molecule has 0 bridgehead atoms. The van der Waals surface area contributed by atoms with Crippen molar-refractivity contribution in [3.8, 4) is 6.07 Å². The Labute approximate surface area is 106 Å². The maximum Gasteiger partial charge on any atom is 0.239 e. The molecule has 0 aromatic heterocycles. The molecule has 0 spiro atoms. The minimum absolute atomic E-state index is 0.0464. The summed E-state index contributed by atoms with van der Waals surface area (Å²) in [5, 5.41) is 11.1. The molecule has 0 saturated heterocycles. The molecule has 1 aliphatic rings. The molecule has 5 nitrogen and oxygen atoms in total. The lowest BCUT2D eigenvalue weighted by molar-refractivity contribution is -0.119. The van der Waals surface area contributed by atoms with E-state index in [9.17, 15) is 4.79 Å². The second kappa shape index (κ2) is 5.41. The van der Waals surface area contributed by atoms with Gasteiger partial charge in [-0.05, 0) is 30.2 Å². The number of nitriles is 1. The highest BCUT2D eigenvalue weighted by molar-refractivity contribution is 5.82. The van der Waals surface area contributed by atoms with Gasteiger partial charge < -0.3 is 16.0 Å². The van der Waals surface area contributed by atoms with E-state index < -0.39 is 0 Å². The zero-order chi connectivity index (χ0) is 13.0. The van der Waals surface area contributed by atoms with Crippen LogP contribution in [0.15, 0.2) is 18.2 Å². The molecule has 0 fully saturated rings. The molecule has 5 heteroatoms. The van der Waals surface area contributed by atoms with E-state index in [0.717, 1.165) is 24.3 Å². The highest BCUT2D eigenvalue weighted by atomic mass is 16.2. The van der Waals surface area contributed by atoms with Crippen LogP contribution in [-0.4, -0.2) is 25.5 Å². The molecule has 1 aromatic rings. The number of nitrogens with one attached hydrogen (secondary N) is 1. The van der Waals surface area contributed by atoms with Crippen molar-refractivity contribution in [2.75, 3.05) is 30.3 Å². The van der Waals surface area contributed by atoms with Crippen molar-refractivity contribution in [3.63, 3.8) is 0 Å². The van der Waals surface area contributed by atoms with Gasteiger partial charge in [0.25, 0.3) is 0 Å². The first-order valence-corrected chi connectivity index (χ1v) is 5.97. The van der Waals surface area contributed by atoms with Crippen LogP contribution in [0.1, 0.15) is 12.0 Å². The van der Waals surface area contributed by atoms with Crippen LogP contribution in [0.25, 0.3) is 0 Å². The van der Waals surface area contributed by atoms with Crippen molar-refractivity contribution in [2.45, 2.75) is 12.8 Å². The SMILES string of the molecule is N#CCCNC(=O)CN1CCc2cc(N)ccc21. The average Bonchev–Trinajstić information content (AvgIpc) is 2.72. The quantitative estimate of drug-likeness (QED) is 0.602. The Bertz CT molecular complexity index is 492. The van der Waals surface area contributed by atoms with Crippen LogP contribution in [0, 0.1) is 11.3 Å². The van der Waals surface area contributed by atoms with Gasteiger partial charge in [0.15, 0.2) is 0 Å². The first-order chi connectivity index (χ1) is 8.70. The van der Waals surface area contributed by atoms with Gasteiger partial charge in [-0.1, -0.05) is 0 Å². The van der Waals surface area contributed by atoms with Gasteiger partial charge in [0.1, 0.15) is 0 Å². The highest BCUT2D eigenvalue weighted by Crippen LogP contribution is 2.29. The van der Waals surface area contributed by atoms with Crippen molar-refractivity contribution in [3.05, 3.63) is 23.8 Å². The van der Waals surface area contributed by atoms with Gasteiger partial charge in [-0.15, -0.1) is 0 Å². The topological polar surface area (TPSA) is 82.2 Å². The third kappa shape index (κ3) is 2.72. The molecule has 0 saturated carbocycles. The molecule has 18 heavy (non-hydrogen) atoms. The summed E-state index contributed by atoms with van der Waals surface area (Å²) in [4.78, 5) is 13.7. The fourth-order valence-electron chi connectivity index (χ4n) is 2.14. The van der Waals surface area contributed by atoms with E-state index in [2.05, 4.69) is 5.32 Å². The molecule has 1 aliphatic heterocycles. The van der Waals surface area contributed by atoms with Crippen LogP contribution >= 0.6 is 0 Å². The maximum atomic E-state index is 11.7. The monoisotopic (exact) mass is 244 g/mol. The van der Waals surface area contributed by atoms with Gasteiger partial charge in [-0.25, -0.2) is 0 Å². The van der Waals surface area contributed by atoms with Gasteiger partial charge in [0, 0.05) is 24.5 Å². The van der Waals surface area contributed by atoms with Gasteiger partial charge in [-0.2, -0.15) is 5.26 Å².